The van der Waals surface area contributed by atoms with Gasteiger partial charge >= 0.3 is 0 Å². The molecule has 0 bridgehead atoms. The summed E-state index contributed by atoms with van der Waals surface area (Å²) in [5.41, 5.74) is 9.28. The Morgan fingerprint density at radius 1 is 1.06 bits per heavy atom. The van der Waals surface area contributed by atoms with Gasteiger partial charge in [0, 0.05) is 11.8 Å². The highest BCUT2D eigenvalue weighted by Gasteiger charge is 2.32. The fraction of sp³-hybridized carbons (Fsp3) is 0.269. The Balaban J connectivity index is 1.49. The SMILES string of the molecule is C[C@H](Nc1nccc(-c2[nH]c(C3OCC(C)(N)CO3)nc2-c2ccc(F)cc2)n1)c1ccccc1. The van der Waals surface area contributed by atoms with Gasteiger partial charge in [-0.3, -0.25) is 0 Å². The van der Waals surface area contributed by atoms with E-state index in [4.69, 9.17) is 25.2 Å². The molecule has 0 amide bonds. The quantitative estimate of drug-likeness (QED) is 0.374. The summed E-state index contributed by atoms with van der Waals surface area (Å²) in [6.07, 6.45) is 0.988. The lowest BCUT2D eigenvalue weighted by molar-refractivity contribution is -0.211. The summed E-state index contributed by atoms with van der Waals surface area (Å²) in [7, 11) is 0. The van der Waals surface area contributed by atoms with E-state index in [-0.39, 0.29) is 11.9 Å². The first-order chi connectivity index (χ1) is 16.9. The smallest absolute Gasteiger partial charge is 0.223 e. The molecule has 9 heteroatoms. The van der Waals surface area contributed by atoms with Crippen molar-refractivity contribution in [3.05, 3.63) is 84.1 Å². The fourth-order valence-corrected chi connectivity index (χ4v) is 3.87. The number of H-pyrrole nitrogens is 1. The van der Waals surface area contributed by atoms with Crippen molar-refractivity contribution in [1.82, 2.24) is 19.9 Å². The molecular weight excluding hydrogens is 447 g/mol. The van der Waals surface area contributed by atoms with E-state index in [2.05, 4.69) is 15.3 Å². The minimum Gasteiger partial charge on any atom is -0.348 e. The highest BCUT2D eigenvalue weighted by molar-refractivity contribution is 5.77. The summed E-state index contributed by atoms with van der Waals surface area (Å²) in [5, 5.41) is 3.34. The zero-order valence-corrected chi connectivity index (χ0v) is 19.5. The Kier molecular flexibility index (Phi) is 6.29. The maximum Gasteiger partial charge on any atom is 0.223 e. The summed E-state index contributed by atoms with van der Waals surface area (Å²) < 4.78 is 25.2. The average molecular weight is 475 g/mol. The second kappa shape index (κ2) is 9.53. The monoisotopic (exact) mass is 474 g/mol. The van der Waals surface area contributed by atoms with Crippen molar-refractivity contribution >= 4 is 5.95 Å². The maximum absolute atomic E-state index is 13.6. The molecule has 4 N–H and O–H groups in total. The molecule has 0 spiro atoms. The summed E-state index contributed by atoms with van der Waals surface area (Å²) >= 11 is 0. The molecule has 180 valence electrons. The van der Waals surface area contributed by atoms with Gasteiger partial charge in [0.15, 0.2) is 5.82 Å². The van der Waals surface area contributed by atoms with Crippen molar-refractivity contribution < 1.29 is 13.9 Å². The molecule has 2 aromatic heterocycles. The number of nitrogens with one attached hydrogen (secondary N) is 2. The van der Waals surface area contributed by atoms with Gasteiger partial charge in [0.25, 0.3) is 0 Å². The summed E-state index contributed by atoms with van der Waals surface area (Å²) in [5.74, 6) is 0.639. The van der Waals surface area contributed by atoms with Crippen LogP contribution in [0.25, 0.3) is 22.6 Å². The Morgan fingerprint density at radius 2 is 1.77 bits per heavy atom. The van der Waals surface area contributed by atoms with Gasteiger partial charge in [-0.1, -0.05) is 30.3 Å². The third-order valence-corrected chi connectivity index (χ3v) is 5.75. The lowest BCUT2D eigenvalue weighted by Gasteiger charge is -2.33. The van der Waals surface area contributed by atoms with E-state index in [0.29, 0.717) is 42.1 Å². The van der Waals surface area contributed by atoms with E-state index in [1.54, 1.807) is 24.4 Å². The molecule has 1 saturated heterocycles. The van der Waals surface area contributed by atoms with E-state index < -0.39 is 11.8 Å². The molecule has 8 nitrogen and oxygen atoms in total. The van der Waals surface area contributed by atoms with Crippen molar-refractivity contribution in [2.75, 3.05) is 18.5 Å². The number of hydrogen-bond donors (Lipinski definition) is 3. The predicted molar refractivity (Wildman–Crippen MR) is 131 cm³/mol. The summed E-state index contributed by atoms with van der Waals surface area (Å²) in [4.78, 5) is 17.2. The highest BCUT2D eigenvalue weighted by atomic mass is 19.1. The molecule has 1 aliphatic rings. The lowest BCUT2D eigenvalue weighted by atomic mass is 10.1. The first-order valence-electron chi connectivity index (χ1n) is 11.4. The second-order valence-corrected chi connectivity index (χ2v) is 9.00. The minimum atomic E-state index is -0.697. The van der Waals surface area contributed by atoms with Crippen LogP contribution in [0, 0.1) is 5.82 Å². The van der Waals surface area contributed by atoms with Crippen LogP contribution in [0.4, 0.5) is 10.3 Å². The van der Waals surface area contributed by atoms with Crippen molar-refractivity contribution in [2.45, 2.75) is 31.7 Å². The van der Waals surface area contributed by atoms with Crippen LogP contribution in [-0.4, -0.2) is 38.7 Å². The Labute approximate surface area is 202 Å². The van der Waals surface area contributed by atoms with Crippen LogP contribution < -0.4 is 11.1 Å². The van der Waals surface area contributed by atoms with Crippen LogP contribution in [0.5, 0.6) is 0 Å². The van der Waals surface area contributed by atoms with Gasteiger partial charge < -0.3 is 25.5 Å². The number of imidazole rings is 1. The van der Waals surface area contributed by atoms with Gasteiger partial charge in [0.2, 0.25) is 12.2 Å². The number of benzene rings is 2. The van der Waals surface area contributed by atoms with Gasteiger partial charge in [0.05, 0.1) is 41.9 Å². The lowest BCUT2D eigenvalue weighted by Crippen LogP contribution is -2.50. The Morgan fingerprint density at radius 3 is 2.49 bits per heavy atom. The molecular formula is C26H27FN6O2. The zero-order valence-electron chi connectivity index (χ0n) is 19.5. The van der Waals surface area contributed by atoms with E-state index in [1.807, 2.05) is 44.2 Å². The number of hydrogen-bond acceptors (Lipinski definition) is 7. The first-order valence-corrected chi connectivity index (χ1v) is 11.4. The standard InChI is InChI=1S/C26H27FN6O2/c1-16(17-6-4-3-5-7-17)30-25-29-13-12-20(31-25)22-21(18-8-10-19(27)11-9-18)32-23(33-22)24-34-14-26(2,28)15-35-24/h3-13,16,24H,14-15,28H2,1-2H3,(H,32,33)(H,29,30,31)/t16-,24?,26?/m0/s1. The Hall–Kier alpha value is -3.66. The minimum absolute atomic E-state index is 0.00922. The molecule has 0 aliphatic carbocycles. The van der Waals surface area contributed by atoms with Crippen LogP contribution in [0.15, 0.2) is 66.9 Å². The van der Waals surface area contributed by atoms with E-state index in [1.165, 1.54) is 12.1 Å². The van der Waals surface area contributed by atoms with Gasteiger partial charge in [-0.2, -0.15) is 0 Å². The largest absolute Gasteiger partial charge is 0.348 e. The van der Waals surface area contributed by atoms with E-state index in [9.17, 15) is 4.39 Å². The Bertz CT molecular complexity index is 1280. The third-order valence-electron chi connectivity index (χ3n) is 5.75. The fourth-order valence-electron chi connectivity index (χ4n) is 3.87. The molecule has 5 rings (SSSR count). The molecule has 0 saturated carbocycles. The second-order valence-electron chi connectivity index (χ2n) is 9.00. The summed E-state index contributed by atoms with van der Waals surface area (Å²) in [6.45, 7) is 4.58. The highest BCUT2D eigenvalue weighted by Crippen LogP contribution is 2.33. The zero-order chi connectivity index (χ0) is 24.4. The number of aromatic amines is 1. The molecule has 1 aliphatic heterocycles. The average Bonchev–Trinajstić information content (AvgIpc) is 3.31. The number of anilines is 1. The number of halogens is 1. The molecule has 3 heterocycles. The molecule has 1 atom stereocenters. The molecule has 4 aromatic rings. The number of aromatic nitrogens is 4. The number of nitrogens with zero attached hydrogens (tertiary/aromatic N) is 3. The number of rotatable bonds is 6. The molecule has 0 radical (unpaired) electrons. The predicted octanol–water partition coefficient (Wildman–Crippen LogP) is 4.61. The van der Waals surface area contributed by atoms with Crippen LogP contribution in [0.1, 0.15) is 37.6 Å². The normalized spacial score (nSPS) is 21.0. The third kappa shape index (κ3) is 5.22. The molecule has 0 unspecified atom stereocenters. The van der Waals surface area contributed by atoms with Crippen LogP contribution in [0.3, 0.4) is 0 Å². The first kappa shape index (κ1) is 23.1. The molecule has 35 heavy (non-hydrogen) atoms. The van der Waals surface area contributed by atoms with Crippen molar-refractivity contribution in [2.24, 2.45) is 5.73 Å². The topological polar surface area (TPSA) is 111 Å². The maximum atomic E-state index is 13.6. The summed E-state index contributed by atoms with van der Waals surface area (Å²) in [6, 6.07) is 18.0. The van der Waals surface area contributed by atoms with E-state index in [0.717, 1.165) is 11.1 Å². The van der Waals surface area contributed by atoms with Crippen LogP contribution in [-0.2, 0) is 9.47 Å². The van der Waals surface area contributed by atoms with Gasteiger partial charge in [-0.05, 0) is 49.7 Å². The van der Waals surface area contributed by atoms with Gasteiger partial charge in [-0.25, -0.2) is 19.3 Å². The van der Waals surface area contributed by atoms with Gasteiger partial charge in [-0.15, -0.1) is 0 Å². The number of nitrogens with two attached hydrogens (primary N) is 1. The van der Waals surface area contributed by atoms with Crippen molar-refractivity contribution in [1.29, 1.82) is 0 Å². The van der Waals surface area contributed by atoms with Crippen molar-refractivity contribution in [3.63, 3.8) is 0 Å². The molecule has 1 fully saturated rings. The van der Waals surface area contributed by atoms with Crippen LogP contribution >= 0.6 is 0 Å². The number of ether oxygens (including phenoxy) is 2. The van der Waals surface area contributed by atoms with Gasteiger partial charge in [0.1, 0.15) is 5.82 Å². The molecule has 2 aromatic carbocycles. The van der Waals surface area contributed by atoms with Crippen LogP contribution in [0.2, 0.25) is 0 Å². The van der Waals surface area contributed by atoms with E-state index >= 15 is 0 Å². The van der Waals surface area contributed by atoms with Crippen molar-refractivity contribution in [3.8, 4) is 22.6 Å².